The van der Waals surface area contributed by atoms with Gasteiger partial charge < -0.3 is 19.1 Å². The summed E-state index contributed by atoms with van der Waals surface area (Å²) in [6.07, 6.45) is 1.51. The molecule has 6 nitrogen and oxygen atoms in total. The van der Waals surface area contributed by atoms with E-state index in [1.165, 1.54) is 11.9 Å². The molecule has 3 aromatic rings. The van der Waals surface area contributed by atoms with Crippen LogP contribution in [0, 0.1) is 0 Å². The van der Waals surface area contributed by atoms with E-state index in [-0.39, 0.29) is 5.91 Å². The summed E-state index contributed by atoms with van der Waals surface area (Å²) in [5.41, 5.74) is 2.49. The van der Waals surface area contributed by atoms with Crippen LogP contribution in [0.25, 0.3) is 11.3 Å². The summed E-state index contributed by atoms with van der Waals surface area (Å²) in [6.45, 7) is 2.94. The Balaban J connectivity index is 1.47. The number of rotatable bonds is 4. The Morgan fingerprint density at radius 2 is 1.70 bits per heavy atom. The Bertz CT molecular complexity index is 898. The van der Waals surface area contributed by atoms with E-state index < -0.39 is 0 Å². The molecule has 0 aliphatic carbocycles. The van der Waals surface area contributed by atoms with Gasteiger partial charge in [-0.3, -0.25) is 4.79 Å². The standard InChI is InChI=1S/C21H21N3O3/c1-26-18-9-7-16(8-10-18)20-19(15-22-27-20)21(25)24-13-11-23(12-14-24)17-5-3-2-4-6-17/h2-10,15H,11-14H2,1H3. The number of benzene rings is 2. The Hall–Kier alpha value is -3.28. The third kappa shape index (κ3) is 3.51. The molecule has 138 valence electrons. The van der Waals surface area contributed by atoms with Crippen molar-refractivity contribution in [2.24, 2.45) is 0 Å². The third-order valence-corrected chi connectivity index (χ3v) is 4.84. The van der Waals surface area contributed by atoms with Crippen LogP contribution in [0.2, 0.25) is 0 Å². The fraction of sp³-hybridized carbons (Fsp3) is 0.238. The number of aromatic nitrogens is 1. The van der Waals surface area contributed by atoms with Gasteiger partial charge in [-0.1, -0.05) is 23.4 Å². The maximum absolute atomic E-state index is 13.0. The zero-order chi connectivity index (χ0) is 18.6. The Labute approximate surface area is 157 Å². The lowest BCUT2D eigenvalue weighted by atomic mass is 10.1. The number of hydrogen-bond donors (Lipinski definition) is 0. The largest absolute Gasteiger partial charge is 0.497 e. The first kappa shape index (κ1) is 17.1. The maximum atomic E-state index is 13.0. The molecule has 1 saturated heterocycles. The van der Waals surface area contributed by atoms with E-state index in [2.05, 4.69) is 22.2 Å². The van der Waals surface area contributed by atoms with E-state index in [1.54, 1.807) is 7.11 Å². The van der Waals surface area contributed by atoms with Crippen molar-refractivity contribution in [3.63, 3.8) is 0 Å². The number of methoxy groups -OCH3 is 1. The third-order valence-electron chi connectivity index (χ3n) is 4.84. The van der Waals surface area contributed by atoms with Crippen LogP contribution in [-0.2, 0) is 0 Å². The van der Waals surface area contributed by atoms with Gasteiger partial charge in [0.25, 0.3) is 5.91 Å². The van der Waals surface area contributed by atoms with Crippen LogP contribution in [0.1, 0.15) is 10.4 Å². The molecule has 27 heavy (non-hydrogen) atoms. The number of hydrogen-bond acceptors (Lipinski definition) is 5. The Kier molecular flexibility index (Phi) is 4.78. The van der Waals surface area contributed by atoms with Crippen LogP contribution >= 0.6 is 0 Å². The minimum Gasteiger partial charge on any atom is -0.497 e. The smallest absolute Gasteiger partial charge is 0.259 e. The van der Waals surface area contributed by atoms with E-state index in [1.807, 2.05) is 47.4 Å². The lowest BCUT2D eigenvalue weighted by molar-refractivity contribution is 0.0747. The van der Waals surface area contributed by atoms with E-state index in [4.69, 9.17) is 9.26 Å². The molecule has 4 rings (SSSR count). The summed E-state index contributed by atoms with van der Waals surface area (Å²) in [5.74, 6) is 1.20. The van der Waals surface area contributed by atoms with Gasteiger partial charge in [-0.2, -0.15) is 0 Å². The van der Waals surface area contributed by atoms with Crippen molar-refractivity contribution in [1.29, 1.82) is 0 Å². The van der Waals surface area contributed by atoms with Gasteiger partial charge >= 0.3 is 0 Å². The number of carbonyl (C=O) groups is 1. The lowest BCUT2D eigenvalue weighted by Gasteiger charge is -2.36. The number of nitrogens with zero attached hydrogens (tertiary/aromatic N) is 3. The number of anilines is 1. The van der Waals surface area contributed by atoms with Gasteiger partial charge in [0.15, 0.2) is 5.76 Å². The van der Waals surface area contributed by atoms with E-state index in [9.17, 15) is 4.79 Å². The van der Waals surface area contributed by atoms with Gasteiger partial charge in [-0.25, -0.2) is 0 Å². The summed E-state index contributed by atoms with van der Waals surface area (Å²) in [7, 11) is 1.62. The number of para-hydroxylation sites is 1. The molecule has 2 aromatic carbocycles. The first-order valence-electron chi connectivity index (χ1n) is 8.94. The highest BCUT2D eigenvalue weighted by Crippen LogP contribution is 2.27. The molecule has 1 fully saturated rings. The number of carbonyl (C=O) groups excluding carboxylic acids is 1. The molecule has 0 atom stereocenters. The monoisotopic (exact) mass is 363 g/mol. The van der Waals surface area contributed by atoms with Crippen molar-refractivity contribution in [3.8, 4) is 17.1 Å². The molecule has 0 N–H and O–H groups in total. The van der Waals surface area contributed by atoms with Crippen molar-refractivity contribution in [2.75, 3.05) is 38.2 Å². The predicted octanol–water partition coefficient (Wildman–Crippen LogP) is 3.31. The first-order valence-corrected chi connectivity index (χ1v) is 8.94. The van der Waals surface area contributed by atoms with Crippen LogP contribution < -0.4 is 9.64 Å². The van der Waals surface area contributed by atoms with Gasteiger partial charge in [0, 0.05) is 37.4 Å². The molecule has 6 heteroatoms. The van der Waals surface area contributed by atoms with E-state index in [0.717, 1.165) is 24.4 Å². The molecule has 1 aliphatic heterocycles. The highest BCUT2D eigenvalue weighted by atomic mass is 16.5. The maximum Gasteiger partial charge on any atom is 0.259 e. The highest BCUT2D eigenvalue weighted by Gasteiger charge is 2.26. The molecule has 1 aromatic heterocycles. The predicted molar refractivity (Wildman–Crippen MR) is 103 cm³/mol. The first-order chi connectivity index (χ1) is 13.3. The van der Waals surface area contributed by atoms with Crippen LogP contribution in [0.3, 0.4) is 0 Å². The van der Waals surface area contributed by atoms with E-state index >= 15 is 0 Å². The second-order valence-corrected chi connectivity index (χ2v) is 6.41. The summed E-state index contributed by atoms with van der Waals surface area (Å²) >= 11 is 0. The second-order valence-electron chi connectivity index (χ2n) is 6.41. The second kappa shape index (κ2) is 7.53. The van der Waals surface area contributed by atoms with Crippen molar-refractivity contribution >= 4 is 11.6 Å². The molecule has 0 spiro atoms. The summed E-state index contributed by atoms with van der Waals surface area (Å²) < 4.78 is 10.6. The van der Waals surface area contributed by atoms with Gasteiger partial charge in [-0.05, 0) is 36.4 Å². The SMILES string of the molecule is COc1ccc(-c2oncc2C(=O)N2CCN(c3ccccc3)CC2)cc1. The van der Waals surface area contributed by atoms with Gasteiger partial charge in [0.05, 0.1) is 13.3 Å². The molecule has 0 unspecified atom stereocenters. The molecular weight excluding hydrogens is 342 g/mol. The fourth-order valence-electron chi connectivity index (χ4n) is 3.32. The molecule has 0 saturated carbocycles. The number of ether oxygens (including phenoxy) is 1. The molecule has 0 radical (unpaired) electrons. The zero-order valence-electron chi connectivity index (χ0n) is 15.2. The van der Waals surface area contributed by atoms with Gasteiger partial charge in [0.2, 0.25) is 0 Å². The van der Waals surface area contributed by atoms with Crippen LogP contribution in [0.5, 0.6) is 5.75 Å². The average Bonchev–Trinajstić information content (AvgIpc) is 3.24. The molecule has 2 heterocycles. The summed E-state index contributed by atoms with van der Waals surface area (Å²) in [6, 6.07) is 17.7. The molecule has 0 bridgehead atoms. The zero-order valence-corrected chi connectivity index (χ0v) is 15.2. The fourth-order valence-corrected chi connectivity index (χ4v) is 3.32. The normalized spacial score (nSPS) is 14.3. The minimum atomic E-state index is -0.0465. The van der Waals surface area contributed by atoms with Crippen molar-refractivity contribution < 1.29 is 14.1 Å². The Morgan fingerprint density at radius 3 is 2.37 bits per heavy atom. The Morgan fingerprint density at radius 1 is 1.00 bits per heavy atom. The van der Waals surface area contributed by atoms with Crippen LogP contribution in [0.4, 0.5) is 5.69 Å². The quantitative estimate of drug-likeness (QED) is 0.712. The molecule has 1 amide bonds. The summed E-state index contributed by atoms with van der Waals surface area (Å²) in [5, 5.41) is 3.86. The van der Waals surface area contributed by atoms with Gasteiger partial charge in [0.1, 0.15) is 11.3 Å². The topological polar surface area (TPSA) is 58.8 Å². The van der Waals surface area contributed by atoms with Crippen LogP contribution in [-0.4, -0.2) is 49.3 Å². The molecular formula is C21H21N3O3. The average molecular weight is 363 g/mol. The number of amides is 1. The van der Waals surface area contributed by atoms with Crippen molar-refractivity contribution in [1.82, 2.24) is 10.1 Å². The summed E-state index contributed by atoms with van der Waals surface area (Å²) in [4.78, 5) is 17.2. The minimum absolute atomic E-state index is 0.0465. The van der Waals surface area contributed by atoms with Gasteiger partial charge in [-0.15, -0.1) is 0 Å². The van der Waals surface area contributed by atoms with E-state index in [0.29, 0.717) is 24.4 Å². The number of piperazine rings is 1. The highest BCUT2D eigenvalue weighted by molar-refractivity contribution is 5.99. The lowest BCUT2D eigenvalue weighted by Crippen LogP contribution is -2.48. The molecule has 1 aliphatic rings. The van der Waals surface area contributed by atoms with Crippen molar-refractivity contribution in [3.05, 3.63) is 66.4 Å². The van der Waals surface area contributed by atoms with Crippen LogP contribution in [0.15, 0.2) is 65.3 Å². The van der Waals surface area contributed by atoms with Crippen molar-refractivity contribution in [2.45, 2.75) is 0 Å².